The predicted octanol–water partition coefficient (Wildman–Crippen LogP) is 1.65. The van der Waals surface area contributed by atoms with Gasteiger partial charge in [0.15, 0.2) is 0 Å². The van der Waals surface area contributed by atoms with Gasteiger partial charge in [0.1, 0.15) is 5.50 Å². The first-order chi connectivity index (χ1) is 5.70. The van der Waals surface area contributed by atoms with Gasteiger partial charge in [-0.1, -0.05) is 41.9 Å². The van der Waals surface area contributed by atoms with E-state index in [2.05, 4.69) is 4.72 Å². The van der Waals surface area contributed by atoms with E-state index in [1.807, 2.05) is 18.2 Å². The molecular weight excluding hydrogens is 198 g/mol. The monoisotopic (exact) mass is 205 g/mol. The molecule has 0 aliphatic carbocycles. The molecule has 2 unspecified atom stereocenters. The molecule has 0 heterocycles. The van der Waals surface area contributed by atoms with Crippen LogP contribution in [0.5, 0.6) is 0 Å². The Morgan fingerprint density at radius 2 is 2.00 bits per heavy atom. The van der Waals surface area contributed by atoms with E-state index in [4.69, 9.17) is 16.2 Å². The van der Waals surface area contributed by atoms with Crippen molar-refractivity contribution in [3.8, 4) is 0 Å². The minimum absolute atomic E-state index is 0.628. The Bertz CT molecular complexity index is 267. The van der Waals surface area contributed by atoms with Crippen LogP contribution in [0.25, 0.3) is 0 Å². The van der Waals surface area contributed by atoms with Crippen molar-refractivity contribution in [3.05, 3.63) is 35.9 Å². The van der Waals surface area contributed by atoms with Gasteiger partial charge in [0.2, 0.25) is 11.3 Å². The fourth-order valence-corrected chi connectivity index (χ4v) is 1.47. The zero-order valence-electron chi connectivity index (χ0n) is 6.11. The topological polar surface area (TPSA) is 49.3 Å². The van der Waals surface area contributed by atoms with E-state index in [1.54, 1.807) is 12.1 Å². The van der Waals surface area contributed by atoms with Crippen molar-refractivity contribution in [3.63, 3.8) is 0 Å². The first kappa shape index (κ1) is 9.67. The van der Waals surface area contributed by atoms with Crippen molar-refractivity contribution in [1.29, 1.82) is 0 Å². The lowest BCUT2D eigenvalue weighted by atomic mass is 10.2. The molecular formula is C7H8ClNO2S. The van der Waals surface area contributed by atoms with Crippen LogP contribution in [0.15, 0.2) is 30.3 Å². The molecule has 5 heteroatoms. The maximum atomic E-state index is 10.3. The number of hydrogen-bond donors (Lipinski definition) is 2. The Kier molecular flexibility index (Phi) is 3.68. The zero-order valence-corrected chi connectivity index (χ0v) is 7.68. The summed E-state index contributed by atoms with van der Waals surface area (Å²) in [7, 11) is 0. The number of nitrogens with one attached hydrogen (secondary N) is 1. The Balaban J connectivity index is 2.65. The first-order valence-electron chi connectivity index (χ1n) is 3.26. The molecule has 3 nitrogen and oxygen atoms in total. The third-order valence-electron chi connectivity index (χ3n) is 1.30. The van der Waals surface area contributed by atoms with E-state index in [9.17, 15) is 4.21 Å². The fourth-order valence-electron chi connectivity index (χ4n) is 0.779. The molecule has 66 valence electrons. The van der Waals surface area contributed by atoms with Crippen LogP contribution in [0.2, 0.25) is 0 Å². The zero-order chi connectivity index (χ0) is 8.97. The lowest BCUT2D eigenvalue weighted by Crippen LogP contribution is -2.18. The molecule has 1 rings (SSSR count). The number of alkyl halides is 1. The largest absolute Gasteiger partial charge is 0.294 e. The van der Waals surface area contributed by atoms with Crippen molar-refractivity contribution in [1.82, 2.24) is 4.72 Å². The standard InChI is InChI=1S/C7H8ClNO2S/c8-7(9-12(10)11)6-4-2-1-3-5-6/h1-5,7,9H,(H,10,11). The molecule has 0 saturated heterocycles. The van der Waals surface area contributed by atoms with Crippen LogP contribution in [-0.4, -0.2) is 8.76 Å². The Labute approximate surface area is 78.2 Å². The highest BCUT2D eigenvalue weighted by Crippen LogP contribution is 2.16. The van der Waals surface area contributed by atoms with Gasteiger partial charge < -0.3 is 0 Å². The van der Waals surface area contributed by atoms with Crippen LogP contribution in [0.1, 0.15) is 11.1 Å². The highest BCUT2D eigenvalue weighted by Gasteiger charge is 2.07. The Hall–Kier alpha value is -0.420. The Morgan fingerprint density at radius 3 is 2.50 bits per heavy atom. The molecule has 12 heavy (non-hydrogen) atoms. The minimum atomic E-state index is -2.08. The highest BCUT2D eigenvalue weighted by molar-refractivity contribution is 7.77. The van der Waals surface area contributed by atoms with Crippen LogP contribution < -0.4 is 4.72 Å². The second kappa shape index (κ2) is 4.57. The summed E-state index contributed by atoms with van der Waals surface area (Å²) in [5.74, 6) is 0. The van der Waals surface area contributed by atoms with Gasteiger partial charge in [0.05, 0.1) is 0 Å². The third-order valence-corrected chi connectivity index (χ3v) is 2.22. The molecule has 0 amide bonds. The van der Waals surface area contributed by atoms with E-state index in [0.29, 0.717) is 0 Å². The lowest BCUT2D eigenvalue weighted by Gasteiger charge is -2.07. The van der Waals surface area contributed by atoms with Gasteiger partial charge in [-0.15, -0.1) is 0 Å². The smallest absolute Gasteiger partial charge is 0.233 e. The van der Waals surface area contributed by atoms with Crippen molar-refractivity contribution in [2.45, 2.75) is 5.50 Å². The van der Waals surface area contributed by atoms with Crippen molar-refractivity contribution < 1.29 is 8.76 Å². The molecule has 1 aromatic rings. The molecule has 0 saturated carbocycles. The molecule has 0 bridgehead atoms. The maximum Gasteiger partial charge on any atom is 0.233 e. The SMILES string of the molecule is O=S(O)NC(Cl)c1ccccc1. The fraction of sp³-hybridized carbons (Fsp3) is 0.143. The normalized spacial score (nSPS) is 15.5. The Morgan fingerprint density at radius 1 is 1.42 bits per heavy atom. The average Bonchev–Trinajstić information content (AvgIpc) is 2.05. The van der Waals surface area contributed by atoms with E-state index in [-0.39, 0.29) is 0 Å². The summed E-state index contributed by atoms with van der Waals surface area (Å²) in [5, 5.41) is 0. The summed E-state index contributed by atoms with van der Waals surface area (Å²) in [6.07, 6.45) is 0. The second-order valence-electron chi connectivity index (χ2n) is 2.14. The molecule has 2 N–H and O–H groups in total. The van der Waals surface area contributed by atoms with Gasteiger partial charge in [-0.2, -0.15) is 4.72 Å². The number of benzene rings is 1. The third kappa shape index (κ3) is 2.91. The van der Waals surface area contributed by atoms with E-state index >= 15 is 0 Å². The quantitative estimate of drug-likeness (QED) is 0.448. The molecule has 0 aromatic heterocycles. The van der Waals surface area contributed by atoms with Gasteiger partial charge in [-0.05, 0) is 5.56 Å². The van der Waals surface area contributed by atoms with Crippen LogP contribution in [0.4, 0.5) is 0 Å². The molecule has 0 spiro atoms. The molecule has 2 atom stereocenters. The summed E-state index contributed by atoms with van der Waals surface area (Å²) in [4.78, 5) is 0. The number of hydrogen-bond acceptors (Lipinski definition) is 1. The average molecular weight is 206 g/mol. The van der Waals surface area contributed by atoms with E-state index in [1.165, 1.54) is 0 Å². The van der Waals surface area contributed by atoms with Gasteiger partial charge in [-0.3, -0.25) is 4.55 Å². The second-order valence-corrected chi connectivity index (χ2v) is 3.31. The summed E-state index contributed by atoms with van der Waals surface area (Å²) in [5.41, 5.74) is 0.138. The van der Waals surface area contributed by atoms with Crippen LogP contribution in [-0.2, 0) is 11.3 Å². The molecule has 0 aliphatic rings. The van der Waals surface area contributed by atoms with Crippen LogP contribution in [0.3, 0.4) is 0 Å². The van der Waals surface area contributed by atoms with E-state index in [0.717, 1.165) is 5.56 Å². The number of halogens is 1. The van der Waals surface area contributed by atoms with Crippen LogP contribution in [0, 0.1) is 0 Å². The highest BCUT2D eigenvalue weighted by atomic mass is 35.5. The lowest BCUT2D eigenvalue weighted by molar-refractivity contribution is 0.547. The molecule has 1 aromatic carbocycles. The summed E-state index contributed by atoms with van der Waals surface area (Å²) in [6, 6.07) is 9.03. The van der Waals surface area contributed by atoms with Crippen LogP contribution >= 0.6 is 11.6 Å². The van der Waals surface area contributed by atoms with Gasteiger partial charge in [0.25, 0.3) is 0 Å². The first-order valence-corrected chi connectivity index (χ1v) is 4.80. The van der Waals surface area contributed by atoms with Crippen molar-refractivity contribution in [2.75, 3.05) is 0 Å². The molecule has 0 aliphatic heterocycles. The summed E-state index contributed by atoms with van der Waals surface area (Å²) < 4.78 is 21.0. The van der Waals surface area contributed by atoms with E-state index < -0.39 is 16.8 Å². The molecule has 0 radical (unpaired) electrons. The minimum Gasteiger partial charge on any atom is -0.294 e. The van der Waals surface area contributed by atoms with Gasteiger partial charge in [0, 0.05) is 0 Å². The van der Waals surface area contributed by atoms with Gasteiger partial charge in [-0.25, -0.2) is 4.21 Å². The number of rotatable bonds is 3. The van der Waals surface area contributed by atoms with Crippen molar-refractivity contribution >= 4 is 22.9 Å². The predicted molar refractivity (Wildman–Crippen MR) is 48.9 cm³/mol. The summed E-state index contributed by atoms with van der Waals surface area (Å²) >= 11 is 3.66. The molecule has 0 fully saturated rings. The summed E-state index contributed by atoms with van der Waals surface area (Å²) in [6.45, 7) is 0. The maximum absolute atomic E-state index is 10.3. The van der Waals surface area contributed by atoms with Crippen molar-refractivity contribution in [2.24, 2.45) is 0 Å². The van der Waals surface area contributed by atoms with Gasteiger partial charge >= 0.3 is 0 Å².